The van der Waals surface area contributed by atoms with Crippen molar-refractivity contribution in [1.82, 2.24) is 4.90 Å². The van der Waals surface area contributed by atoms with E-state index >= 15 is 0 Å². The van der Waals surface area contributed by atoms with Crippen LogP contribution in [0.4, 0.5) is 0 Å². The molecule has 2 aliphatic carbocycles. The molecule has 1 atom stereocenters. The summed E-state index contributed by atoms with van der Waals surface area (Å²) in [5.74, 6) is 0.393. The van der Waals surface area contributed by atoms with Crippen molar-refractivity contribution in [2.24, 2.45) is 11.3 Å². The summed E-state index contributed by atoms with van der Waals surface area (Å²) < 4.78 is 4.87. The van der Waals surface area contributed by atoms with E-state index in [0.717, 1.165) is 51.6 Å². The third-order valence-corrected chi connectivity index (χ3v) is 6.82. The highest BCUT2D eigenvalue weighted by Crippen LogP contribution is 2.43. The van der Waals surface area contributed by atoms with E-state index in [1.54, 1.807) is 0 Å². The van der Waals surface area contributed by atoms with Gasteiger partial charge in [0.25, 0.3) is 0 Å². The molecule has 0 radical (unpaired) electrons. The van der Waals surface area contributed by atoms with Gasteiger partial charge in [-0.1, -0.05) is 25.3 Å². The molecule has 1 saturated heterocycles. The molecular weight excluding hydrogens is 326 g/mol. The summed E-state index contributed by atoms with van der Waals surface area (Å²) >= 11 is 0. The highest BCUT2D eigenvalue weighted by atomic mass is 16.5. The Morgan fingerprint density at radius 3 is 2.69 bits per heavy atom. The number of benzene rings is 1. The Bertz CT molecular complexity index is 707. The monoisotopic (exact) mass is 355 g/mol. The molecule has 1 aromatic carbocycles. The van der Waals surface area contributed by atoms with Crippen molar-refractivity contribution in [1.29, 1.82) is 0 Å². The molecule has 3 aliphatic rings. The molecule has 1 unspecified atom stereocenters. The number of methoxy groups -OCH3 is 1. The van der Waals surface area contributed by atoms with Crippen molar-refractivity contribution in [3.05, 3.63) is 34.9 Å². The minimum Gasteiger partial charge on any atom is -0.465 e. The van der Waals surface area contributed by atoms with Crippen molar-refractivity contribution >= 4 is 11.9 Å². The fraction of sp³-hybridized carbons (Fsp3) is 0.636. The van der Waals surface area contributed by atoms with Crippen LogP contribution >= 0.6 is 0 Å². The van der Waals surface area contributed by atoms with Crippen LogP contribution in [0.3, 0.4) is 0 Å². The Kier molecular flexibility index (Phi) is 4.76. The van der Waals surface area contributed by atoms with Gasteiger partial charge in [0.1, 0.15) is 0 Å². The molecule has 26 heavy (non-hydrogen) atoms. The van der Waals surface area contributed by atoms with Crippen LogP contribution in [0.1, 0.15) is 66.4 Å². The van der Waals surface area contributed by atoms with Crippen molar-refractivity contribution in [3.8, 4) is 0 Å². The van der Waals surface area contributed by atoms with E-state index in [1.165, 1.54) is 37.5 Å². The SMILES string of the molecule is COC(=O)c1ccc2c(c1)CC1(CC2)CCN(C(=O)C2CCCCC2)C1. The lowest BCUT2D eigenvalue weighted by Gasteiger charge is -2.35. The van der Waals surface area contributed by atoms with Gasteiger partial charge in [-0.2, -0.15) is 0 Å². The van der Waals surface area contributed by atoms with Crippen LogP contribution < -0.4 is 0 Å². The number of esters is 1. The molecule has 0 N–H and O–H groups in total. The summed E-state index contributed by atoms with van der Waals surface area (Å²) in [5, 5.41) is 0. The van der Waals surface area contributed by atoms with Gasteiger partial charge in [0.15, 0.2) is 0 Å². The number of hydrogen-bond acceptors (Lipinski definition) is 3. The number of aryl methyl sites for hydroxylation is 1. The number of hydrogen-bond donors (Lipinski definition) is 0. The van der Waals surface area contributed by atoms with Gasteiger partial charge in [-0.15, -0.1) is 0 Å². The van der Waals surface area contributed by atoms with Crippen molar-refractivity contribution in [3.63, 3.8) is 0 Å². The van der Waals surface area contributed by atoms with Gasteiger partial charge in [-0.05, 0) is 67.2 Å². The van der Waals surface area contributed by atoms with Crippen molar-refractivity contribution in [2.45, 2.75) is 57.8 Å². The maximum absolute atomic E-state index is 12.9. The van der Waals surface area contributed by atoms with E-state index in [4.69, 9.17) is 4.74 Å². The molecule has 1 spiro atoms. The molecule has 1 aromatic rings. The third-order valence-electron chi connectivity index (χ3n) is 6.82. The molecule has 2 fully saturated rings. The van der Waals surface area contributed by atoms with Gasteiger partial charge in [-0.25, -0.2) is 4.79 Å². The highest BCUT2D eigenvalue weighted by molar-refractivity contribution is 5.89. The molecule has 4 nitrogen and oxygen atoms in total. The second-order valence-electron chi connectivity index (χ2n) is 8.50. The number of carbonyl (C=O) groups excluding carboxylic acids is 2. The van der Waals surface area contributed by atoms with E-state index < -0.39 is 0 Å². The Hall–Kier alpha value is -1.84. The Balaban J connectivity index is 1.47. The first kappa shape index (κ1) is 17.6. The first-order chi connectivity index (χ1) is 12.6. The summed E-state index contributed by atoms with van der Waals surface area (Å²) in [5.41, 5.74) is 3.45. The predicted octanol–water partition coefficient (Wildman–Crippen LogP) is 3.76. The van der Waals surface area contributed by atoms with Crippen molar-refractivity contribution < 1.29 is 14.3 Å². The average Bonchev–Trinajstić information content (AvgIpc) is 3.10. The molecule has 140 valence electrons. The van der Waals surface area contributed by atoms with E-state index in [0.29, 0.717) is 11.5 Å². The molecule has 1 saturated carbocycles. The highest BCUT2D eigenvalue weighted by Gasteiger charge is 2.43. The Morgan fingerprint density at radius 1 is 1.12 bits per heavy atom. The molecule has 0 bridgehead atoms. The maximum atomic E-state index is 12.9. The fourth-order valence-electron chi connectivity index (χ4n) is 5.25. The van der Waals surface area contributed by atoms with E-state index in [1.807, 2.05) is 12.1 Å². The quantitative estimate of drug-likeness (QED) is 0.759. The number of carbonyl (C=O) groups is 2. The van der Waals surface area contributed by atoms with Crippen LogP contribution in [0, 0.1) is 11.3 Å². The summed E-state index contributed by atoms with van der Waals surface area (Å²) in [4.78, 5) is 26.9. The second-order valence-corrected chi connectivity index (χ2v) is 8.50. The summed E-state index contributed by atoms with van der Waals surface area (Å²) in [6.45, 7) is 1.80. The van der Waals surface area contributed by atoms with Crippen LogP contribution in [-0.4, -0.2) is 37.0 Å². The molecule has 4 heteroatoms. The predicted molar refractivity (Wildman–Crippen MR) is 100 cm³/mol. The molecule has 0 aromatic heterocycles. The zero-order chi connectivity index (χ0) is 18.1. The lowest BCUT2D eigenvalue weighted by atomic mass is 9.71. The van der Waals surface area contributed by atoms with E-state index in [-0.39, 0.29) is 17.3 Å². The fourth-order valence-corrected chi connectivity index (χ4v) is 5.25. The molecule has 1 heterocycles. The number of amides is 1. The average molecular weight is 355 g/mol. The smallest absolute Gasteiger partial charge is 0.337 e. The first-order valence-electron chi connectivity index (χ1n) is 10.1. The van der Waals surface area contributed by atoms with Gasteiger partial charge in [-0.3, -0.25) is 4.79 Å². The number of ether oxygens (including phenoxy) is 1. The van der Waals surface area contributed by atoms with Crippen LogP contribution in [0.25, 0.3) is 0 Å². The van der Waals surface area contributed by atoms with Gasteiger partial charge in [0, 0.05) is 19.0 Å². The standard InChI is InChI=1S/C22H29NO3/c1-26-21(25)18-8-7-16-9-10-22(14-19(16)13-18)11-12-23(15-22)20(24)17-5-3-2-4-6-17/h7-8,13,17H,2-6,9-12,14-15H2,1H3. The Morgan fingerprint density at radius 2 is 1.92 bits per heavy atom. The van der Waals surface area contributed by atoms with E-state index in [2.05, 4.69) is 11.0 Å². The van der Waals surface area contributed by atoms with Crippen LogP contribution in [-0.2, 0) is 22.4 Å². The van der Waals surface area contributed by atoms with Crippen LogP contribution in [0.2, 0.25) is 0 Å². The molecule has 1 amide bonds. The maximum Gasteiger partial charge on any atom is 0.337 e. The summed E-state index contributed by atoms with van der Waals surface area (Å²) in [7, 11) is 1.43. The lowest BCUT2D eigenvalue weighted by molar-refractivity contribution is -0.135. The van der Waals surface area contributed by atoms with E-state index in [9.17, 15) is 9.59 Å². The summed E-state index contributed by atoms with van der Waals surface area (Å²) in [6, 6.07) is 5.96. The van der Waals surface area contributed by atoms with Gasteiger partial charge < -0.3 is 9.64 Å². The Labute approximate surface area is 155 Å². The molecular formula is C22H29NO3. The van der Waals surface area contributed by atoms with Crippen LogP contribution in [0.15, 0.2) is 18.2 Å². The largest absolute Gasteiger partial charge is 0.465 e. The zero-order valence-electron chi connectivity index (χ0n) is 15.8. The zero-order valence-corrected chi connectivity index (χ0v) is 15.8. The van der Waals surface area contributed by atoms with Gasteiger partial charge in [0.2, 0.25) is 5.91 Å². The number of likely N-dealkylation sites (tertiary alicyclic amines) is 1. The first-order valence-corrected chi connectivity index (χ1v) is 10.1. The minimum absolute atomic E-state index is 0.200. The minimum atomic E-state index is -0.270. The van der Waals surface area contributed by atoms with Crippen molar-refractivity contribution in [2.75, 3.05) is 20.2 Å². The third kappa shape index (κ3) is 3.26. The van der Waals surface area contributed by atoms with Crippen LogP contribution in [0.5, 0.6) is 0 Å². The topological polar surface area (TPSA) is 46.6 Å². The van der Waals surface area contributed by atoms with Gasteiger partial charge >= 0.3 is 5.97 Å². The normalized spacial score (nSPS) is 26.0. The number of fused-ring (bicyclic) bond motifs is 1. The number of nitrogens with zero attached hydrogens (tertiary/aromatic N) is 1. The molecule has 1 aliphatic heterocycles. The van der Waals surface area contributed by atoms with Gasteiger partial charge in [0.05, 0.1) is 12.7 Å². The lowest BCUT2D eigenvalue weighted by Crippen LogP contribution is -2.38. The second kappa shape index (κ2) is 7.05. The summed E-state index contributed by atoms with van der Waals surface area (Å²) in [6.07, 6.45) is 10.1. The molecule has 4 rings (SSSR count). The number of rotatable bonds is 2.